The fraction of sp³-hybridized carbons (Fsp3) is 0.400. The molecule has 2 aromatic rings. The van der Waals surface area contributed by atoms with Crippen molar-refractivity contribution < 1.29 is 23.5 Å². The van der Waals surface area contributed by atoms with Crippen LogP contribution in [0.4, 0.5) is 0 Å². The number of hydrogen-bond donors (Lipinski definition) is 3. The minimum atomic E-state index is -3.84. The molecule has 8 nitrogen and oxygen atoms in total. The zero-order valence-electron chi connectivity index (χ0n) is 16.3. The average molecular weight is 546 g/mol. The van der Waals surface area contributed by atoms with E-state index in [0.717, 1.165) is 30.2 Å². The molecule has 10 heteroatoms. The third-order valence-corrected chi connectivity index (χ3v) is 10.5. The highest BCUT2D eigenvalue weighted by atomic mass is 127. The Kier molecular flexibility index (Phi) is 6.70. The summed E-state index contributed by atoms with van der Waals surface area (Å²) in [6, 6.07) is 11.1. The summed E-state index contributed by atoms with van der Waals surface area (Å²) in [5, 5.41) is 18.3. The van der Waals surface area contributed by atoms with Gasteiger partial charge in [-0.15, -0.1) is 0 Å². The van der Waals surface area contributed by atoms with Gasteiger partial charge in [0.05, 0.1) is 6.10 Å². The van der Waals surface area contributed by atoms with Gasteiger partial charge >= 0.3 is 0 Å². The topological polar surface area (TPSA) is 126 Å². The predicted octanol–water partition coefficient (Wildman–Crippen LogP) is 1.82. The Morgan fingerprint density at radius 2 is 1.87 bits per heavy atom. The fourth-order valence-electron chi connectivity index (χ4n) is 3.49. The number of alkyl halides is 1. The SMILES string of the molecule is CS(=O)(=O)[C@](I)(CCn1ccc(-c2ccc([C@H]3C[C@H](O)C3)cc2)cc1=O)C(=O)NO. The van der Waals surface area contributed by atoms with E-state index in [4.69, 9.17) is 5.21 Å². The molecule has 1 amide bonds. The Labute approximate surface area is 187 Å². The molecule has 0 radical (unpaired) electrons. The van der Waals surface area contributed by atoms with E-state index >= 15 is 0 Å². The van der Waals surface area contributed by atoms with Crippen molar-refractivity contribution >= 4 is 38.3 Å². The molecular weight excluding hydrogens is 523 g/mol. The van der Waals surface area contributed by atoms with Crippen molar-refractivity contribution in [3.63, 3.8) is 0 Å². The van der Waals surface area contributed by atoms with Gasteiger partial charge in [0.25, 0.3) is 11.5 Å². The van der Waals surface area contributed by atoms with Gasteiger partial charge in [0.1, 0.15) is 0 Å². The van der Waals surface area contributed by atoms with Gasteiger partial charge in [0.2, 0.25) is 2.75 Å². The number of hydroxylamine groups is 1. The Balaban J connectivity index is 1.75. The molecule has 0 aliphatic heterocycles. The van der Waals surface area contributed by atoms with Crippen LogP contribution in [0, 0.1) is 0 Å². The molecule has 1 heterocycles. The lowest BCUT2D eigenvalue weighted by Gasteiger charge is -2.31. The molecule has 1 fully saturated rings. The zero-order chi connectivity index (χ0) is 22.1. The number of carbonyl (C=O) groups excluding carboxylic acids is 1. The van der Waals surface area contributed by atoms with Gasteiger partial charge in [-0.1, -0.05) is 46.9 Å². The summed E-state index contributed by atoms with van der Waals surface area (Å²) < 4.78 is 23.5. The van der Waals surface area contributed by atoms with Crippen molar-refractivity contribution in [1.29, 1.82) is 0 Å². The maximum atomic E-state index is 12.5. The minimum absolute atomic E-state index is 0.00844. The largest absolute Gasteiger partial charge is 0.393 e. The van der Waals surface area contributed by atoms with E-state index in [0.29, 0.717) is 5.92 Å². The summed E-state index contributed by atoms with van der Waals surface area (Å²) in [5.41, 5.74) is 3.84. The Morgan fingerprint density at radius 3 is 2.37 bits per heavy atom. The van der Waals surface area contributed by atoms with E-state index in [-0.39, 0.29) is 24.6 Å². The van der Waals surface area contributed by atoms with Crippen LogP contribution in [0.2, 0.25) is 0 Å². The lowest BCUT2D eigenvalue weighted by atomic mass is 9.77. The predicted molar refractivity (Wildman–Crippen MR) is 120 cm³/mol. The van der Waals surface area contributed by atoms with Crippen LogP contribution < -0.4 is 11.0 Å². The molecule has 162 valence electrons. The minimum Gasteiger partial charge on any atom is -0.393 e. The number of pyridine rings is 1. The van der Waals surface area contributed by atoms with Gasteiger partial charge < -0.3 is 9.67 Å². The van der Waals surface area contributed by atoms with Crippen LogP contribution in [-0.4, -0.2) is 44.3 Å². The number of nitrogens with zero attached hydrogens (tertiary/aromatic N) is 1. The highest BCUT2D eigenvalue weighted by Gasteiger charge is 2.45. The van der Waals surface area contributed by atoms with Crippen molar-refractivity contribution in [2.45, 2.75) is 40.6 Å². The number of benzene rings is 1. The quantitative estimate of drug-likeness (QED) is 0.211. The first-order chi connectivity index (χ1) is 14.0. The number of aryl methyl sites for hydroxylation is 1. The number of carbonyl (C=O) groups is 1. The summed E-state index contributed by atoms with van der Waals surface area (Å²) in [6.45, 7) is -0.00844. The fourth-order valence-corrected chi connectivity index (χ4v) is 4.70. The average Bonchev–Trinajstić information content (AvgIpc) is 2.69. The molecule has 0 spiro atoms. The summed E-state index contributed by atoms with van der Waals surface area (Å²) in [7, 11) is -3.84. The van der Waals surface area contributed by atoms with Gasteiger partial charge in [-0.05, 0) is 41.5 Å². The van der Waals surface area contributed by atoms with Gasteiger partial charge in [-0.3, -0.25) is 14.8 Å². The lowest BCUT2D eigenvalue weighted by Crippen LogP contribution is -2.47. The van der Waals surface area contributed by atoms with Crippen LogP contribution in [0.25, 0.3) is 11.1 Å². The van der Waals surface area contributed by atoms with Gasteiger partial charge in [-0.2, -0.15) is 0 Å². The summed E-state index contributed by atoms with van der Waals surface area (Å²) in [6.07, 6.45) is 3.62. The number of halogens is 1. The van der Waals surface area contributed by atoms with Crippen molar-refractivity contribution in [3.05, 3.63) is 58.5 Å². The van der Waals surface area contributed by atoms with Crippen LogP contribution in [-0.2, 0) is 21.2 Å². The van der Waals surface area contributed by atoms with Crippen molar-refractivity contribution in [2.75, 3.05) is 6.26 Å². The second-order valence-electron chi connectivity index (χ2n) is 7.58. The Hall–Kier alpha value is -1.76. The van der Waals surface area contributed by atoms with Crippen LogP contribution in [0.1, 0.15) is 30.7 Å². The van der Waals surface area contributed by atoms with E-state index in [1.54, 1.807) is 12.3 Å². The number of sulfone groups is 1. The van der Waals surface area contributed by atoms with Crippen LogP contribution in [0.15, 0.2) is 47.4 Å². The van der Waals surface area contributed by atoms with Crippen LogP contribution in [0.5, 0.6) is 0 Å². The molecule has 0 unspecified atom stereocenters. The smallest absolute Gasteiger partial charge is 0.274 e. The van der Waals surface area contributed by atoms with Crippen LogP contribution >= 0.6 is 22.6 Å². The monoisotopic (exact) mass is 546 g/mol. The number of aliphatic hydroxyl groups is 1. The standard InChI is InChI=1S/C20H23IN2O6S/c1-30(28,29)20(21,19(26)22-27)7-9-23-8-6-15(12-18(23)25)13-2-4-14(5-3-13)16-10-17(24)11-16/h2-6,8,12,16-17,24,27H,7,9-11H2,1H3,(H,22,26)/t16-,17-,20-/m1/s1. The number of rotatable bonds is 7. The molecule has 3 N–H and O–H groups in total. The molecule has 0 saturated heterocycles. The summed E-state index contributed by atoms with van der Waals surface area (Å²) in [4.78, 5) is 24.4. The number of aliphatic hydroxyl groups excluding tert-OH is 1. The first-order valence-electron chi connectivity index (χ1n) is 9.37. The van der Waals surface area contributed by atoms with Gasteiger partial charge in [0.15, 0.2) is 9.84 Å². The third kappa shape index (κ3) is 4.61. The lowest BCUT2D eigenvalue weighted by molar-refractivity contribution is -0.129. The molecule has 1 aromatic carbocycles. The first kappa shape index (κ1) is 22.9. The van der Waals surface area contributed by atoms with Crippen LogP contribution in [0.3, 0.4) is 0 Å². The maximum absolute atomic E-state index is 12.5. The molecule has 1 saturated carbocycles. The van der Waals surface area contributed by atoms with E-state index in [9.17, 15) is 23.1 Å². The van der Waals surface area contributed by atoms with Gasteiger partial charge in [-0.25, -0.2) is 13.9 Å². The second-order valence-corrected chi connectivity index (χ2v) is 12.4. The highest BCUT2D eigenvalue weighted by Crippen LogP contribution is 2.37. The molecule has 1 atom stereocenters. The van der Waals surface area contributed by atoms with E-state index in [2.05, 4.69) is 0 Å². The first-order valence-corrected chi connectivity index (χ1v) is 12.3. The number of nitrogens with one attached hydrogen (secondary N) is 1. The molecule has 30 heavy (non-hydrogen) atoms. The van der Waals surface area contributed by atoms with E-state index in [1.165, 1.54) is 44.3 Å². The number of hydrogen-bond acceptors (Lipinski definition) is 6. The van der Waals surface area contributed by atoms with Crippen molar-refractivity contribution in [3.8, 4) is 11.1 Å². The number of amides is 1. The molecule has 1 aliphatic rings. The van der Waals surface area contributed by atoms with E-state index in [1.807, 2.05) is 24.3 Å². The molecule has 0 bridgehead atoms. The highest BCUT2D eigenvalue weighted by molar-refractivity contribution is 14.1. The molecule has 3 rings (SSSR count). The maximum Gasteiger partial charge on any atom is 0.274 e. The Bertz CT molecular complexity index is 1090. The number of aromatic nitrogens is 1. The summed E-state index contributed by atoms with van der Waals surface area (Å²) in [5.74, 6) is -0.670. The molecule has 1 aromatic heterocycles. The van der Waals surface area contributed by atoms with Gasteiger partial charge in [0, 0.05) is 31.5 Å². The second kappa shape index (κ2) is 8.77. The third-order valence-electron chi connectivity index (χ3n) is 5.53. The van der Waals surface area contributed by atoms with Crippen molar-refractivity contribution in [2.24, 2.45) is 0 Å². The zero-order valence-corrected chi connectivity index (χ0v) is 19.3. The van der Waals surface area contributed by atoms with E-state index < -0.39 is 18.5 Å². The molecule has 1 aliphatic carbocycles. The molecular formula is C20H23IN2O6S. The summed E-state index contributed by atoms with van der Waals surface area (Å²) >= 11 is 1.49. The van der Waals surface area contributed by atoms with Crippen molar-refractivity contribution in [1.82, 2.24) is 10.0 Å². The Morgan fingerprint density at radius 1 is 1.23 bits per heavy atom. The normalized spacial score (nSPS) is 20.8.